The number of amides is 2. The third-order valence-electron chi connectivity index (χ3n) is 2.19. The van der Waals surface area contributed by atoms with E-state index < -0.39 is 18.1 Å². The number of carbonyl (C=O) groups is 2. The first-order chi connectivity index (χ1) is 8.63. The molecule has 2 amide bonds. The molecule has 0 spiro atoms. The molecular weight excluding hydrogens is 240 g/mol. The second kappa shape index (κ2) is 7.28. The summed E-state index contributed by atoms with van der Waals surface area (Å²) in [5.41, 5.74) is 0. The molecule has 0 aliphatic carbocycles. The van der Waals surface area contributed by atoms with Gasteiger partial charge in [0.15, 0.2) is 6.10 Å². The Morgan fingerprint density at radius 3 is 2.83 bits per heavy atom. The van der Waals surface area contributed by atoms with Gasteiger partial charge < -0.3 is 20.5 Å². The van der Waals surface area contributed by atoms with Crippen molar-refractivity contribution < 1.29 is 19.4 Å². The predicted octanol–water partition coefficient (Wildman–Crippen LogP) is -0.718. The van der Waals surface area contributed by atoms with Gasteiger partial charge in [0.2, 0.25) is 0 Å². The van der Waals surface area contributed by atoms with Crippen LogP contribution in [0.2, 0.25) is 0 Å². The van der Waals surface area contributed by atoms with Crippen LogP contribution < -0.4 is 10.6 Å². The molecule has 0 saturated carbocycles. The Morgan fingerprint density at radius 1 is 1.50 bits per heavy atom. The van der Waals surface area contributed by atoms with E-state index in [1.165, 1.54) is 7.11 Å². The molecule has 18 heavy (non-hydrogen) atoms. The molecule has 1 rings (SSSR count). The highest BCUT2D eigenvalue weighted by atomic mass is 16.5. The van der Waals surface area contributed by atoms with Crippen molar-refractivity contribution in [2.75, 3.05) is 20.2 Å². The zero-order valence-electron chi connectivity index (χ0n) is 10.00. The van der Waals surface area contributed by atoms with E-state index in [1.54, 1.807) is 23.1 Å². The zero-order valence-corrected chi connectivity index (χ0v) is 10.00. The summed E-state index contributed by atoms with van der Waals surface area (Å²) in [5.74, 6) is -1.12. The van der Waals surface area contributed by atoms with Gasteiger partial charge in [0.05, 0.1) is 13.1 Å². The lowest BCUT2D eigenvalue weighted by atomic mass is 10.3. The number of nitrogens with zero attached hydrogens (tertiary/aromatic N) is 2. The van der Waals surface area contributed by atoms with Crippen LogP contribution >= 0.6 is 0 Å². The first kappa shape index (κ1) is 14.0. The third-order valence-corrected chi connectivity index (χ3v) is 2.19. The van der Waals surface area contributed by atoms with Crippen molar-refractivity contribution in [3.63, 3.8) is 0 Å². The highest BCUT2D eigenvalue weighted by Gasteiger charge is 2.16. The van der Waals surface area contributed by atoms with Crippen LogP contribution in [0.15, 0.2) is 18.5 Å². The van der Waals surface area contributed by atoms with E-state index in [1.807, 2.05) is 0 Å². The molecule has 0 saturated heterocycles. The Kier molecular flexibility index (Phi) is 5.65. The van der Waals surface area contributed by atoms with E-state index in [0.717, 1.165) is 0 Å². The average molecular weight is 256 g/mol. The van der Waals surface area contributed by atoms with Crippen LogP contribution in [0.3, 0.4) is 0 Å². The fraction of sp³-hybridized carbons (Fsp3) is 0.500. The number of hydrogen-bond acceptors (Lipinski definition) is 4. The number of nitrogens with one attached hydrogen (secondary N) is 2. The molecule has 1 atom stereocenters. The maximum Gasteiger partial charge on any atom is 0.334 e. The van der Waals surface area contributed by atoms with Crippen molar-refractivity contribution in [3.8, 4) is 0 Å². The molecule has 0 aromatic carbocycles. The van der Waals surface area contributed by atoms with Crippen molar-refractivity contribution in [1.82, 2.24) is 20.4 Å². The maximum atomic E-state index is 11.3. The standard InChI is InChI=1S/C10H16N4O4/c1-18-8(9(15)16)7-12-10(17)11-4-6-14-5-2-3-13-14/h2-3,5,8H,4,6-7H2,1H3,(H,15,16)(H2,11,12,17). The number of urea groups is 1. The van der Waals surface area contributed by atoms with Crippen molar-refractivity contribution in [1.29, 1.82) is 0 Å². The van der Waals surface area contributed by atoms with Crippen LogP contribution in [0, 0.1) is 0 Å². The highest BCUT2D eigenvalue weighted by molar-refractivity contribution is 5.76. The van der Waals surface area contributed by atoms with Gasteiger partial charge in [-0.25, -0.2) is 9.59 Å². The smallest absolute Gasteiger partial charge is 0.334 e. The number of ether oxygens (including phenoxy) is 1. The molecule has 1 aromatic heterocycles. The number of rotatable bonds is 7. The number of carboxylic acid groups (broad SMARTS) is 1. The van der Waals surface area contributed by atoms with Gasteiger partial charge in [-0.05, 0) is 6.07 Å². The number of carboxylic acids is 1. The lowest BCUT2D eigenvalue weighted by Gasteiger charge is -2.12. The van der Waals surface area contributed by atoms with Gasteiger partial charge in [-0.15, -0.1) is 0 Å². The van der Waals surface area contributed by atoms with Crippen LogP contribution in [0.5, 0.6) is 0 Å². The maximum absolute atomic E-state index is 11.3. The number of hydrogen-bond donors (Lipinski definition) is 3. The minimum absolute atomic E-state index is 0.0839. The third kappa shape index (κ3) is 4.83. The Labute approximate surface area is 104 Å². The molecule has 0 bridgehead atoms. The van der Waals surface area contributed by atoms with Gasteiger partial charge in [-0.2, -0.15) is 5.10 Å². The van der Waals surface area contributed by atoms with E-state index in [-0.39, 0.29) is 6.54 Å². The topological polar surface area (TPSA) is 105 Å². The van der Waals surface area contributed by atoms with E-state index in [9.17, 15) is 9.59 Å². The second-order valence-corrected chi connectivity index (χ2v) is 3.47. The summed E-state index contributed by atoms with van der Waals surface area (Å²) in [6.07, 6.45) is 2.39. The normalized spacial score (nSPS) is 11.8. The van der Waals surface area contributed by atoms with E-state index in [4.69, 9.17) is 5.11 Å². The highest BCUT2D eigenvalue weighted by Crippen LogP contribution is 1.87. The first-order valence-corrected chi connectivity index (χ1v) is 5.38. The van der Waals surface area contributed by atoms with Crippen molar-refractivity contribution in [3.05, 3.63) is 18.5 Å². The second-order valence-electron chi connectivity index (χ2n) is 3.47. The molecule has 1 aromatic rings. The van der Waals surface area contributed by atoms with Gasteiger partial charge >= 0.3 is 12.0 Å². The summed E-state index contributed by atoms with van der Waals surface area (Å²) in [7, 11) is 1.27. The minimum Gasteiger partial charge on any atom is -0.479 e. The van der Waals surface area contributed by atoms with Crippen molar-refractivity contribution >= 4 is 12.0 Å². The molecule has 1 heterocycles. The summed E-state index contributed by atoms with van der Waals surface area (Å²) in [4.78, 5) is 21.9. The SMILES string of the molecule is COC(CNC(=O)NCCn1cccn1)C(=O)O. The molecule has 0 radical (unpaired) electrons. The van der Waals surface area contributed by atoms with Crippen LogP contribution in [-0.4, -0.2) is 53.2 Å². The molecule has 100 valence electrons. The molecule has 8 heteroatoms. The molecule has 8 nitrogen and oxygen atoms in total. The van der Waals surface area contributed by atoms with Crippen LogP contribution in [0.4, 0.5) is 4.79 Å². The molecule has 0 fully saturated rings. The number of aliphatic carboxylic acids is 1. The summed E-state index contributed by atoms with van der Waals surface area (Å²) < 4.78 is 6.35. The Hall–Kier alpha value is -2.09. The van der Waals surface area contributed by atoms with Crippen molar-refractivity contribution in [2.45, 2.75) is 12.6 Å². The quantitative estimate of drug-likeness (QED) is 0.597. The van der Waals surface area contributed by atoms with Gasteiger partial charge in [0.1, 0.15) is 0 Å². The molecule has 0 aliphatic rings. The first-order valence-electron chi connectivity index (χ1n) is 5.38. The zero-order chi connectivity index (χ0) is 13.4. The Morgan fingerprint density at radius 2 is 2.28 bits per heavy atom. The summed E-state index contributed by atoms with van der Waals surface area (Å²) in [6.45, 7) is 0.866. The van der Waals surface area contributed by atoms with Crippen LogP contribution in [0.1, 0.15) is 0 Å². The number of aromatic nitrogens is 2. The molecule has 3 N–H and O–H groups in total. The van der Waals surface area contributed by atoms with E-state index in [0.29, 0.717) is 13.1 Å². The molecule has 1 unspecified atom stereocenters. The number of methoxy groups -OCH3 is 1. The Bertz CT molecular complexity index is 379. The van der Waals surface area contributed by atoms with E-state index in [2.05, 4.69) is 20.5 Å². The molecule has 0 aliphatic heterocycles. The largest absolute Gasteiger partial charge is 0.479 e. The van der Waals surface area contributed by atoms with Crippen molar-refractivity contribution in [2.24, 2.45) is 0 Å². The fourth-order valence-corrected chi connectivity index (χ4v) is 1.24. The summed E-state index contributed by atoms with van der Waals surface area (Å²) in [6, 6.07) is 1.35. The lowest BCUT2D eigenvalue weighted by Crippen LogP contribution is -2.43. The van der Waals surface area contributed by atoms with Gasteiger partial charge in [0, 0.05) is 26.0 Å². The van der Waals surface area contributed by atoms with Gasteiger partial charge in [-0.3, -0.25) is 4.68 Å². The van der Waals surface area contributed by atoms with E-state index >= 15 is 0 Å². The summed E-state index contributed by atoms with van der Waals surface area (Å²) >= 11 is 0. The molecular formula is C10H16N4O4. The van der Waals surface area contributed by atoms with Crippen LogP contribution in [0.25, 0.3) is 0 Å². The van der Waals surface area contributed by atoms with Gasteiger partial charge in [0.25, 0.3) is 0 Å². The monoisotopic (exact) mass is 256 g/mol. The minimum atomic E-state index is -1.12. The fourth-order valence-electron chi connectivity index (χ4n) is 1.24. The van der Waals surface area contributed by atoms with Crippen LogP contribution in [-0.2, 0) is 16.1 Å². The Balaban J connectivity index is 2.15. The predicted molar refractivity (Wildman–Crippen MR) is 62.1 cm³/mol. The summed E-state index contributed by atoms with van der Waals surface area (Å²) in [5, 5.41) is 17.6. The van der Waals surface area contributed by atoms with Gasteiger partial charge in [-0.1, -0.05) is 0 Å². The average Bonchev–Trinajstić information content (AvgIpc) is 2.82. The number of carbonyl (C=O) groups excluding carboxylic acids is 1. The lowest BCUT2D eigenvalue weighted by molar-refractivity contribution is -0.147.